The van der Waals surface area contributed by atoms with Crippen molar-refractivity contribution < 1.29 is 23.8 Å². The first-order chi connectivity index (χ1) is 19.0. The molecule has 2 aliphatic heterocycles. The number of H-pyrrole nitrogens is 1. The number of carbonyl (C=O) groups excluding carboxylic acids is 2. The summed E-state index contributed by atoms with van der Waals surface area (Å²) in [7, 11) is 3.35. The van der Waals surface area contributed by atoms with Crippen LogP contribution in [-0.2, 0) is 17.6 Å². The minimum Gasteiger partial charge on any atom is -0.497 e. The van der Waals surface area contributed by atoms with Crippen molar-refractivity contribution in [3.63, 3.8) is 0 Å². The van der Waals surface area contributed by atoms with Crippen LogP contribution in [-0.4, -0.2) is 67.1 Å². The summed E-state index contributed by atoms with van der Waals surface area (Å²) in [6.07, 6.45) is 6.18. The van der Waals surface area contributed by atoms with E-state index in [9.17, 15) is 9.59 Å². The Morgan fingerprint density at radius 1 is 1.05 bits per heavy atom. The highest BCUT2D eigenvalue weighted by atomic mass is 16.5. The number of nitrogens with zero attached hydrogens (tertiary/aromatic N) is 2. The van der Waals surface area contributed by atoms with Gasteiger partial charge in [-0.3, -0.25) is 4.79 Å². The minimum absolute atomic E-state index is 0.00162. The first-order valence-corrected chi connectivity index (χ1v) is 14.1. The maximum atomic E-state index is 14.1. The molecule has 3 heterocycles. The van der Waals surface area contributed by atoms with Gasteiger partial charge in [0.25, 0.3) is 0 Å². The fourth-order valence-electron chi connectivity index (χ4n) is 6.79. The predicted molar refractivity (Wildman–Crippen MR) is 149 cm³/mol. The van der Waals surface area contributed by atoms with E-state index in [1.54, 1.807) is 14.2 Å². The standard InChI is InChI=1S/C31H37N3O5/c1-4-39-29-15-25-19(13-28(29)38-3)11-12-34(31(36)33-17-21-5-6-22(18-33)30(21)35)27(25)10-7-20-16-32-26-9-8-23(37-2)14-24(20)26/h8-9,13-16,21-22,27,32H,4-7,10-12,17-18H2,1-3H3. The summed E-state index contributed by atoms with van der Waals surface area (Å²) in [4.78, 5) is 33.9. The molecule has 2 aromatic carbocycles. The summed E-state index contributed by atoms with van der Waals surface area (Å²) < 4.78 is 17.0. The molecule has 3 unspecified atom stereocenters. The third-order valence-electron chi connectivity index (χ3n) is 8.81. The fourth-order valence-corrected chi connectivity index (χ4v) is 6.79. The molecule has 2 amide bonds. The van der Waals surface area contributed by atoms with Gasteiger partial charge in [0.15, 0.2) is 11.5 Å². The Morgan fingerprint density at radius 3 is 2.56 bits per heavy atom. The van der Waals surface area contributed by atoms with Crippen LogP contribution in [0.3, 0.4) is 0 Å². The number of rotatable bonds is 7. The Kier molecular flexibility index (Phi) is 6.87. The second kappa shape index (κ2) is 10.5. The Balaban J connectivity index is 1.33. The Morgan fingerprint density at radius 2 is 1.85 bits per heavy atom. The lowest BCUT2D eigenvalue weighted by Crippen LogP contribution is -2.53. The molecule has 8 nitrogen and oxygen atoms in total. The number of Topliss-reactive ketones (excluding diaryl/α,β-unsaturated/α-hetero) is 1. The normalized spacial score (nSPS) is 22.2. The number of aryl methyl sites for hydroxylation is 1. The number of nitrogens with one attached hydrogen (secondary N) is 1. The van der Waals surface area contributed by atoms with E-state index in [-0.39, 0.29) is 23.9 Å². The number of methoxy groups -OCH3 is 2. The van der Waals surface area contributed by atoms with Crippen molar-refractivity contribution in [1.82, 2.24) is 14.8 Å². The number of fused-ring (bicyclic) bond motifs is 4. The Hall–Kier alpha value is -3.68. The SMILES string of the molecule is CCOc1cc2c(cc1OC)CCN(C(=O)N1CC3CCC(C1)C3=O)C2CCc1c[nH]c2ccc(OC)cc12. The van der Waals surface area contributed by atoms with Crippen LogP contribution in [0, 0.1) is 11.8 Å². The number of ether oxygens (including phenoxy) is 3. The average Bonchev–Trinajstić information content (AvgIpc) is 3.43. The number of amides is 2. The molecule has 3 atom stereocenters. The minimum atomic E-state index is -0.114. The third kappa shape index (κ3) is 4.60. The number of aromatic amines is 1. The second-order valence-corrected chi connectivity index (χ2v) is 10.9. The molecule has 39 heavy (non-hydrogen) atoms. The fraction of sp³-hybridized carbons (Fsp3) is 0.484. The molecular formula is C31H37N3O5. The van der Waals surface area contributed by atoms with Gasteiger partial charge < -0.3 is 29.0 Å². The number of urea groups is 1. The van der Waals surface area contributed by atoms with E-state index in [1.807, 2.05) is 28.9 Å². The van der Waals surface area contributed by atoms with Crippen LogP contribution in [0.15, 0.2) is 36.5 Å². The van der Waals surface area contributed by atoms with Gasteiger partial charge in [-0.15, -0.1) is 0 Å². The third-order valence-corrected chi connectivity index (χ3v) is 8.81. The number of carbonyl (C=O) groups is 2. The highest BCUT2D eigenvalue weighted by Gasteiger charge is 2.44. The van der Waals surface area contributed by atoms with Crippen LogP contribution < -0.4 is 14.2 Å². The maximum absolute atomic E-state index is 14.1. The van der Waals surface area contributed by atoms with Crippen molar-refractivity contribution in [1.29, 1.82) is 0 Å². The van der Waals surface area contributed by atoms with Gasteiger partial charge in [0.1, 0.15) is 11.5 Å². The van der Waals surface area contributed by atoms with Gasteiger partial charge in [-0.05, 0) is 86.1 Å². The Labute approximate surface area is 229 Å². The quantitative estimate of drug-likeness (QED) is 0.456. The van der Waals surface area contributed by atoms with Crippen LogP contribution in [0.2, 0.25) is 0 Å². The summed E-state index contributed by atoms with van der Waals surface area (Å²) in [5, 5.41) is 1.14. The molecule has 8 heteroatoms. The van der Waals surface area contributed by atoms with Gasteiger partial charge in [-0.25, -0.2) is 4.79 Å². The van der Waals surface area contributed by atoms with Crippen LogP contribution in [0.4, 0.5) is 4.79 Å². The van der Waals surface area contributed by atoms with E-state index in [2.05, 4.69) is 29.4 Å². The zero-order chi connectivity index (χ0) is 27.1. The van der Waals surface area contributed by atoms with E-state index < -0.39 is 0 Å². The van der Waals surface area contributed by atoms with Gasteiger partial charge in [-0.1, -0.05) is 0 Å². The van der Waals surface area contributed by atoms with Gasteiger partial charge in [0.2, 0.25) is 0 Å². The molecular weight excluding hydrogens is 494 g/mol. The molecule has 1 aromatic heterocycles. The number of aromatic nitrogens is 1. The van der Waals surface area contributed by atoms with E-state index >= 15 is 0 Å². The molecule has 1 saturated heterocycles. The second-order valence-electron chi connectivity index (χ2n) is 10.9. The van der Waals surface area contributed by atoms with Crippen LogP contribution in [0.1, 0.15) is 48.9 Å². The van der Waals surface area contributed by atoms with Crippen LogP contribution >= 0.6 is 0 Å². The summed E-state index contributed by atoms with van der Waals surface area (Å²) in [5.74, 6) is 2.60. The molecule has 1 aliphatic carbocycles. The van der Waals surface area contributed by atoms with Crippen LogP contribution in [0.5, 0.6) is 17.2 Å². The van der Waals surface area contributed by atoms with Crippen molar-refractivity contribution in [3.05, 3.63) is 53.2 Å². The number of benzene rings is 2. The molecule has 1 saturated carbocycles. The van der Waals surface area contributed by atoms with E-state index in [0.29, 0.717) is 37.8 Å². The first-order valence-electron chi connectivity index (χ1n) is 14.1. The maximum Gasteiger partial charge on any atom is 0.320 e. The van der Waals surface area contributed by atoms with E-state index in [1.165, 1.54) is 11.1 Å². The van der Waals surface area contributed by atoms with Gasteiger partial charge >= 0.3 is 6.03 Å². The molecule has 3 aliphatic rings. The molecule has 1 N–H and O–H groups in total. The molecule has 6 rings (SSSR count). The summed E-state index contributed by atoms with van der Waals surface area (Å²) >= 11 is 0. The number of hydrogen-bond donors (Lipinski definition) is 1. The Bertz CT molecular complexity index is 1380. The molecule has 0 spiro atoms. The lowest BCUT2D eigenvalue weighted by molar-refractivity contribution is -0.126. The highest BCUT2D eigenvalue weighted by molar-refractivity contribution is 5.89. The largest absolute Gasteiger partial charge is 0.497 e. The zero-order valence-electron chi connectivity index (χ0n) is 23.0. The molecule has 2 bridgehead atoms. The van der Waals surface area contributed by atoms with Gasteiger partial charge in [0.05, 0.1) is 26.9 Å². The van der Waals surface area contributed by atoms with Crippen molar-refractivity contribution in [2.75, 3.05) is 40.5 Å². The van der Waals surface area contributed by atoms with Crippen molar-refractivity contribution in [3.8, 4) is 17.2 Å². The van der Waals surface area contributed by atoms with Gasteiger partial charge in [0, 0.05) is 48.6 Å². The highest BCUT2D eigenvalue weighted by Crippen LogP contribution is 2.42. The smallest absolute Gasteiger partial charge is 0.320 e. The number of likely N-dealkylation sites (tertiary alicyclic amines) is 1. The zero-order valence-corrected chi connectivity index (χ0v) is 23.0. The molecule has 206 valence electrons. The topological polar surface area (TPSA) is 84.1 Å². The number of ketones is 1. The number of piperidine rings is 1. The average molecular weight is 532 g/mol. The lowest BCUT2D eigenvalue weighted by Gasteiger charge is -2.42. The molecule has 2 fully saturated rings. The predicted octanol–water partition coefficient (Wildman–Crippen LogP) is 5.15. The van der Waals surface area contributed by atoms with Crippen molar-refractivity contribution in [2.24, 2.45) is 11.8 Å². The lowest BCUT2D eigenvalue weighted by atomic mass is 9.88. The summed E-state index contributed by atoms with van der Waals surface area (Å²) in [6.45, 7) is 4.21. The summed E-state index contributed by atoms with van der Waals surface area (Å²) in [5.41, 5.74) is 4.58. The van der Waals surface area contributed by atoms with Crippen LogP contribution in [0.25, 0.3) is 10.9 Å². The van der Waals surface area contributed by atoms with E-state index in [0.717, 1.165) is 60.1 Å². The van der Waals surface area contributed by atoms with Crippen molar-refractivity contribution >= 4 is 22.7 Å². The van der Waals surface area contributed by atoms with Gasteiger partial charge in [-0.2, -0.15) is 0 Å². The van der Waals surface area contributed by atoms with E-state index in [4.69, 9.17) is 14.2 Å². The number of hydrogen-bond acceptors (Lipinski definition) is 5. The monoisotopic (exact) mass is 531 g/mol. The first kappa shape index (κ1) is 25.6. The molecule has 3 aromatic rings. The van der Waals surface area contributed by atoms with Crippen molar-refractivity contribution in [2.45, 2.75) is 45.1 Å². The summed E-state index contributed by atoms with van der Waals surface area (Å²) in [6, 6.07) is 10.1. The molecule has 0 radical (unpaired) electrons.